The standard InChI is InChI=1S/C23H26N2O2/c1-3-8-18(16-9-5-4-6-10-16)23-25-21-12-7-11-19(22(21)27-23)20-13-17(20)14-24-15(2)26/h4-7,9-12,17-18,20H,3,8,13-14H2,1-2H3,(H,24,26)/t17-,18+,20+/m0/s1. The second-order valence-corrected chi connectivity index (χ2v) is 7.54. The number of nitrogens with zero attached hydrogens (tertiary/aromatic N) is 1. The fourth-order valence-electron chi connectivity index (χ4n) is 3.96. The second-order valence-electron chi connectivity index (χ2n) is 7.54. The van der Waals surface area contributed by atoms with Crippen LogP contribution in [0.15, 0.2) is 52.9 Å². The summed E-state index contributed by atoms with van der Waals surface area (Å²) in [4.78, 5) is 16.0. The van der Waals surface area contributed by atoms with Gasteiger partial charge in [-0.3, -0.25) is 4.79 Å². The molecule has 0 spiro atoms. The van der Waals surface area contributed by atoms with Crippen molar-refractivity contribution in [2.75, 3.05) is 6.54 Å². The Bertz CT molecular complexity index is 932. The van der Waals surface area contributed by atoms with E-state index in [1.807, 2.05) is 12.1 Å². The molecule has 1 aromatic heterocycles. The van der Waals surface area contributed by atoms with Crippen LogP contribution in [0.3, 0.4) is 0 Å². The molecule has 3 atom stereocenters. The number of fused-ring (bicyclic) bond motifs is 1. The number of para-hydroxylation sites is 1. The van der Waals surface area contributed by atoms with E-state index >= 15 is 0 Å². The zero-order chi connectivity index (χ0) is 18.8. The Morgan fingerprint density at radius 3 is 2.78 bits per heavy atom. The quantitative estimate of drug-likeness (QED) is 0.643. The summed E-state index contributed by atoms with van der Waals surface area (Å²) in [6.07, 6.45) is 3.18. The molecule has 1 N–H and O–H groups in total. The highest BCUT2D eigenvalue weighted by Gasteiger charge is 2.40. The third kappa shape index (κ3) is 3.75. The molecule has 0 saturated heterocycles. The number of aromatic nitrogens is 1. The Morgan fingerprint density at radius 2 is 2.04 bits per heavy atom. The average Bonchev–Trinajstić information content (AvgIpc) is 3.32. The Morgan fingerprint density at radius 1 is 1.22 bits per heavy atom. The van der Waals surface area contributed by atoms with Gasteiger partial charge in [0.05, 0.1) is 5.92 Å². The van der Waals surface area contributed by atoms with Crippen LogP contribution in [-0.2, 0) is 4.79 Å². The van der Waals surface area contributed by atoms with Crippen LogP contribution in [0.2, 0.25) is 0 Å². The molecule has 0 bridgehead atoms. The van der Waals surface area contributed by atoms with E-state index in [-0.39, 0.29) is 11.8 Å². The summed E-state index contributed by atoms with van der Waals surface area (Å²) in [5, 5.41) is 2.93. The Labute approximate surface area is 160 Å². The van der Waals surface area contributed by atoms with Crippen LogP contribution in [0, 0.1) is 5.92 Å². The van der Waals surface area contributed by atoms with Crippen LogP contribution in [0.4, 0.5) is 0 Å². The summed E-state index contributed by atoms with van der Waals surface area (Å²) in [6.45, 7) is 4.50. The number of oxazole rings is 1. The van der Waals surface area contributed by atoms with Gasteiger partial charge < -0.3 is 9.73 Å². The van der Waals surface area contributed by atoms with Crippen LogP contribution in [0.5, 0.6) is 0 Å². The third-order valence-electron chi connectivity index (χ3n) is 5.47. The molecule has 1 fully saturated rings. The monoisotopic (exact) mass is 362 g/mol. The maximum atomic E-state index is 11.2. The number of carbonyl (C=O) groups excluding carboxylic acids is 1. The lowest BCUT2D eigenvalue weighted by Crippen LogP contribution is -2.22. The summed E-state index contributed by atoms with van der Waals surface area (Å²) in [6, 6.07) is 16.7. The van der Waals surface area contributed by atoms with Crippen LogP contribution in [0.1, 0.15) is 62.0 Å². The number of nitrogens with one attached hydrogen (secondary N) is 1. The Hall–Kier alpha value is -2.62. The number of carbonyl (C=O) groups is 1. The summed E-state index contributed by atoms with van der Waals surface area (Å²) in [5.74, 6) is 1.97. The van der Waals surface area contributed by atoms with Gasteiger partial charge in [-0.05, 0) is 36.3 Å². The highest BCUT2D eigenvalue weighted by atomic mass is 16.3. The zero-order valence-electron chi connectivity index (χ0n) is 15.9. The van der Waals surface area contributed by atoms with E-state index in [9.17, 15) is 4.79 Å². The highest BCUT2D eigenvalue weighted by molar-refractivity contribution is 5.78. The number of rotatable bonds is 7. The number of amides is 1. The first-order valence-electron chi connectivity index (χ1n) is 9.86. The van der Waals surface area contributed by atoms with Crippen molar-refractivity contribution in [3.05, 3.63) is 65.5 Å². The van der Waals surface area contributed by atoms with Crippen LogP contribution in [0.25, 0.3) is 11.1 Å². The molecule has 140 valence electrons. The third-order valence-corrected chi connectivity index (χ3v) is 5.47. The van der Waals surface area contributed by atoms with Crippen molar-refractivity contribution in [1.29, 1.82) is 0 Å². The van der Waals surface area contributed by atoms with Crippen molar-refractivity contribution < 1.29 is 9.21 Å². The molecule has 1 amide bonds. The topological polar surface area (TPSA) is 55.1 Å². The molecule has 1 aliphatic rings. The van der Waals surface area contributed by atoms with Gasteiger partial charge >= 0.3 is 0 Å². The van der Waals surface area contributed by atoms with Gasteiger partial charge in [0.2, 0.25) is 11.8 Å². The van der Waals surface area contributed by atoms with Gasteiger partial charge in [0, 0.05) is 19.0 Å². The second kappa shape index (κ2) is 7.55. The molecule has 1 heterocycles. The molecule has 1 aliphatic carbocycles. The van der Waals surface area contributed by atoms with Crippen molar-refractivity contribution in [2.24, 2.45) is 5.92 Å². The van der Waals surface area contributed by atoms with Crippen molar-refractivity contribution in [2.45, 2.75) is 44.9 Å². The lowest BCUT2D eigenvalue weighted by atomic mass is 9.94. The van der Waals surface area contributed by atoms with Crippen LogP contribution in [-0.4, -0.2) is 17.4 Å². The molecule has 4 heteroatoms. The minimum absolute atomic E-state index is 0.0334. The van der Waals surface area contributed by atoms with Crippen molar-refractivity contribution in [3.8, 4) is 0 Å². The molecule has 27 heavy (non-hydrogen) atoms. The molecular weight excluding hydrogens is 336 g/mol. The summed E-state index contributed by atoms with van der Waals surface area (Å²) >= 11 is 0. The molecule has 1 saturated carbocycles. The first-order valence-corrected chi connectivity index (χ1v) is 9.86. The minimum Gasteiger partial charge on any atom is -0.440 e. The maximum Gasteiger partial charge on any atom is 0.216 e. The molecule has 0 unspecified atom stereocenters. The van der Waals surface area contributed by atoms with E-state index in [1.54, 1.807) is 6.92 Å². The van der Waals surface area contributed by atoms with Gasteiger partial charge in [0.25, 0.3) is 0 Å². The van der Waals surface area contributed by atoms with Crippen molar-refractivity contribution >= 4 is 17.0 Å². The number of hydrogen-bond acceptors (Lipinski definition) is 3. The predicted molar refractivity (Wildman–Crippen MR) is 107 cm³/mol. The molecule has 2 aromatic carbocycles. The van der Waals surface area contributed by atoms with E-state index in [4.69, 9.17) is 9.40 Å². The van der Waals surface area contributed by atoms with Crippen molar-refractivity contribution in [1.82, 2.24) is 10.3 Å². The average molecular weight is 362 g/mol. The first kappa shape index (κ1) is 17.8. The lowest BCUT2D eigenvalue weighted by Gasteiger charge is -2.12. The van der Waals surface area contributed by atoms with Gasteiger partial charge in [-0.1, -0.05) is 55.8 Å². The van der Waals surface area contributed by atoms with E-state index < -0.39 is 0 Å². The van der Waals surface area contributed by atoms with Gasteiger partial charge in [-0.25, -0.2) is 4.98 Å². The Balaban J connectivity index is 1.64. The zero-order valence-corrected chi connectivity index (χ0v) is 15.9. The van der Waals surface area contributed by atoms with Gasteiger partial charge in [-0.2, -0.15) is 0 Å². The van der Waals surface area contributed by atoms with Gasteiger partial charge in [0.1, 0.15) is 5.52 Å². The fraction of sp³-hybridized carbons (Fsp3) is 0.391. The molecular formula is C23H26N2O2. The maximum absolute atomic E-state index is 11.2. The largest absolute Gasteiger partial charge is 0.440 e. The van der Waals surface area contributed by atoms with E-state index in [0.717, 1.165) is 42.8 Å². The fourth-order valence-corrected chi connectivity index (χ4v) is 3.96. The lowest BCUT2D eigenvalue weighted by molar-refractivity contribution is -0.119. The van der Waals surface area contributed by atoms with E-state index in [0.29, 0.717) is 11.8 Å². The minimum atomic E-state index is 0.0334. The molecule has 0 radical (unpaired) electrons. The first-order chi connectivity index (χ1) is 13.2. The normalized spacial score (nSPS) is 19.8. The summed E-state index contributed by atoms with van der Waals surface area (Å²) in [5.41, 5.74) is 4.33. The van der Waals surface area contributed by atoms with Crippen LogP contribution >= 0.6 is 0 Å². The molecule has 4 rings (SSSR count). The van der Waals surface area contributed by atoms with E-state index in [2.05, 4.69) is 48.6 Å². The summed E-state index contributed by atoms with van der Waals surface area (Å²) in [7, 11) is 0. The van der Waals surface area contributed by atoms with Gasteiger partial charge in [0.15, 0.2) is 5.58 Å². The molecule has 3 aromatic rings. The highest BCUT2D eigenvalue weighted by Crippen LogP contribution is 2.49. The Kier molecular flexibility index (Phi) is 4.97. The number of hydrogen-bond donors (Lipinski definition) is 1. The van der Waals surface area contributed by atoms with Crippen LogP contribution < -0.4 is 5.32 Å². The predicted octanol–water partition coefficient (Wildman–Crippen LogP) is 5.00. The van der Waals surface area contributed by atoms with Gasteiger partial charge in [-0.15, -0.1) is 0 Å². The van der Waals surface area contributed by atoms with E-state index in [1.165, 1.54) is 11.1 Å². The SMILES string of the molecule is CCC[C@H](c1ccccc1)c1nc2cccc([C@@H]3C[C@H]3CNC(C)=O)c2o1. The summed E-state index contributed by atoms with van der Waals surface area (Å²) < 4.78 is 6.35. The number of benzene rings is 2. The molecule has 0 aliphatic heterocycles. The molecule has 4 nitrogen and oxygen atoms in total. The van der Waals surface area contributed by atoms with Crippen molar-refractivity contribution in [3.63, 3.8) is 0 Å². The smallest absolute Gasteiger partial charge is 0.216 e.